The van der Waals surface area contributed by atoms with Crippen LogP contribution in [0.25, 0.3) is 0 Å². The van der Waals surface area contributed by atoms with Gasteiger partial charge < -0.3 is 15.2 Å². The number of aromatic hydroxyl groups is 1. The van der Waals surface area contributed by atoms with E-state index in [0.717, 1.165) is 37.5 Å². The molecule has 0 saturated carbocycles. The molecule has 2 N–H and O–H groups in total. The fourth-order valence-electron chi connectivity index (χ4n) is 3.09. The molecule has 4 nitrogen and oxygen atoms in total. The minimum atomic E-state index is 0.0173. The minimum Gasteiger partial charge on any atom is -0.507 e. The van der Waals surface area contributed by atoms with Crippen LogP contribution in [0.5, 0.6) is 11.5 Å². The van der Waals surface area contributed by atoms with Gasteiger partial charge in [-0.3, -0.25) is 4.90 Å². The third-order valence-electron chi connectivity index (χ3n) is 3.87. The number of hydrogen-bond donors (Lipinski definition) is 2. The molecule has 20 heavy (non-hydrogen) atoms. The maximum atomic E-state index is 10.4. The first-order valence-electron chi connectivity index (χ1n) is 7.26. The highest BCUT2D eigenvalue weighted by Crippen LogP contribution is 2.45. The molecule has 1 fully saturated rings. The first-order chi connectivity index (χ1) is 9.45. The molecule has 2 rings (SSSR count). The van der Waals surface area contributed by atoms with Crippen LogP contribution in [-0.2, 0) is 0 Å². The predicted molar refractivity (Wildman–Crippen MR) is 81.3 cm³/mol. The Bertz CT molecular complexity index is 448. The summed E-state index contributed by atoms with van der Waals surface area (Å²) in [6.07, 6.45) is 0. The Labute approximate surface area is 121 Å². The molecule has 0 bridgehead atoms. The first-order valence-corrected chi connectivity index (χ1v) is 7.26. The van der Waals surface area contributed by atoms with Crippen LogP contribution in [0.2, 0.25) is 0 Å². The lowest BCUT2D eigenvalue weighted by atomic mass is 9.80. The second-order valence-corrected chi connectivity index (χ2v) is 6.45. The fourth-order valence-corrected chi connectivity index (χ4v) is 3.09. The summed E-state index contributed by atoms with van der Waals surface area (Å²) in [6, 6.07) is 5.64. The first kappa shape index (κ1) is 15.1. The number of rotatable bonds is 3. The van der Waals surface area contributed by atoms with Gasteiger partial charge in [-0.1, -0.05) is 26.8 Å². The molecule has 112 valence electrons. The molecule has 1 aromatic rings. The smallest absolute Gasteiger partial charge is 0.127 e. The van der Waals surface area contributed by atoms with Crippen molar-refractivity contribution in [1.82, 2.24) is 10.2 Å². The lowest BCUT2D eigenvalue weighted by Crippen LogP contribution is -2.48. The Hall–Kier alpha value is -1.26. The fraction of sp³-hybridized carbons (Fsp3) is 0.625. The van der Waals surface area contributed by atoms with Crippen molar-refractivity contribution < 1.29 is 9.84 Å². The summed E-state index contributed by atoms with van der Waals surface area (Å²) in [6.45, 7) is 10.6. The number of benzene rings is 1. The molecular weight excluding hydrogens is 252 g/mol. The molecule has 1 atom stereocenters. The molecule has 1 aliphatic rings. The van der Waals surface area contributed by atoms with Gasteiger partial charge in [-0.25, -0.2) is 0 Å². The number of nitrogens with one attached hydrogen (secondary N) is 1. The standard InChI is InChI=1S/C16H26N2O2/c1-16(2,3)15(18-10-8-17-9-11-18)14-12(19)6-5-7-13(14)20-4/h5-7,15,17,19H,8-11H2,1-4H3/t15-/m0/s1. The van der Waals surface area contributed by atoms with Crippen molar-refractivity contribution in [2.75, 3.05) is 33.3 Å². The van der Waals surface area contributed by atoms with E-state index in [1.54, 1.807) is 13.2 Å². The van der Waals surface area contributed by atoms with E-state index in [0.29, 0.717) is 5.75 Å². The minimum absolute atomic E-state index is 0.0173. The van der Waals surface area contributed by atoms with Crippen molar-refractivity contribution >= 4 is 0 Å². The van der Waals surface area contributed by atoms with E-state index in [9.17, 15) is 5.11 Å². The normalized spacial score (nSPS) is 18.8. The van der Waals surface area contributed by atoms with Crippen LogP contribution in [-0.4, -0.2) is 43.3 Å². The van der Waals surface area contributed by atoms with E-state index in [1.165, 1.54) is 0 Å². The highest BCUT2D eigenvalue weighted by Gasteiger charge is 2.36. The summed E-state index contributed by atoms with van der Waals surface area (Å²) in [5, 5.41) is 13.7. The van der Waals surface area contributed by atoms with Gasteiger partial charge >= 0.3 is 0 Å². The van der Waals surface area contributed by atoms with Crippen LogP contribution in [0, 0.1) is 5.41 Å². The molecule has 1 heterocycles. The van der Waals surface area contributed by atoms with Crippen molar-refractivity contribution in [1.29, 1.82) is 0 Å². The summed E-state index contributed by atoms with van der Waals surface area (Å²) in [4.78, 5) is 2.44. The maximum absolute atomic E-state index is 10.4. The van der Waals surface area contributed by atoms with E-state index in [2.05, 4.69) is 31.0 Å². The Balaban J connectivity index is 2.46. The third-order valence-corrected chi connectivity index (χ3v) is 3.87. The second-order valence-electron chi connectivity index (χ2n) is 6.45. The van der Waals surface area contributed by atoms with Gasteiger partial charge in [0.15, 0.2) is 0 Å². The van der Waals surface area contributed by atoms with Gasteiger partial charge in [-0.15, -0.1) is 0 Å². The number of piperazine rings is 1. The van der Waals surface area contributed by atoms with E-state index in [1.807, 2.05) is 12.1 Å². The van der Waals surface area contributed by atoms with Crippen LogP contribution in [0.3, 0.4) is 0 Å². The number of hydrogen-bond acceptors (Lipinski definition) is 4. The highest BCUT2D eigenvalue weighted by molar-refractivity contribution is 5.47. The molecule has 0 spiro atoms. The molecule has 0 aliphatic carbocycles. The maximum Gasteiger partial charge on any atom is 0.127 e. The van der Waals surface area contributed by atoms with Gasteiger partial charge in [-0.05, 0) is 17.5 Å². The van der Waals surface area contributed by atoms with Gasteiger partial charge in [0.1, 0.15) is 11.5 Å². The van der Waals surface area contributed by atoms with Gasteiger partial charge in [0.05, 0.1) is 12.7 Å². The summed E-state index contributed by atoms with van der Waals surface area (Å²) in [7, 11) is 1.66. The van der Waals surface area contributed by atoms with Crippen LogP contribution >= 0.6 is 0 Å². The van der Waals surface area contributed by atoms with Crippen molar-refractivity contribution in [3.8, 4) is 11.5 Å². The zero-order valence-electron chi connectivity index (χ0n) is 12.9. The predicted octanol–water partition coefficient (Wildman–Crippen LogP) is 2.39. The van der Waals surface area contributed by atoms with Crippen molar-refractivity contribution in [3.63, 3.8) is 0 Å². The Kier molecular flexibility index (Phi) is 4.55. The Morgan fingerprint density at radius 1 is 1.25 bits per heavy atom. The molecular formula is C16H26N2O2. The third kappa shape index (κ3) is 3.07. The van der Waals surface area contributed by atoms with Crippen molar-refractivity contribution in [3.05, 3.63) is 23.8 Å². The zero-order valence-corrected chi connectivity index (χ0v) is 12.9. The summed E-state index contributed by atoms with van der Waals surface area (Å²) in [5.74, 6) is 1.09. The van der Waals surface area contributed by atoms with Crippen molar-refractivity contribution in [2.45, 2.75) is 26.8 Å². The van der Waals surface area contributed by atoms with Crippen LogP contribution in [0.4, 0.5) is 0 Å². The van der Waals surface area contributed by atoms with E-state index < -0.39 is 0 Å². The second kappa shape index (κ2) is 6.02. The molecule has 0 aromatic heterocycles. The van der Waals surface area contributed by atoms with E-state index >= 15 is 0 Å². The molecule has 4 heteroatoms. The SMILES string of the molecule is COc1cccc(O)c1[C@H](N1CCNCC1)C(C)(C)C. The lowest BCUT2D eigenvalue weighted by Gasteiger charge is -2.43. The zero-order chi connectivity index (χ0) is 14.8. The molecule has 1 saturated heterocycles. The largest absolute Gasteiger partial charge is 0.507 e. The number of methoxy groups -OCH3 is 1. The van der Waals surface area contributed by atoms with Crippen LogP contribution in [0.1, 0.15) is 32.4 Å². The topological polar surface area (TPSA) is 44.7 Å². The van der Waals surface area contributed by atoms with Gasteiger partial charge in [-0.2, -0.15) is 0 Å². The monoisotopic (exact) mass is 278 g/mol. The summed E-state index contributed by atoms with van der Waals surface area (Å²) in [5.41, 5.74) is 0.924. The highest BCUT2D eigenvalue weighted by atomic mass is 16.5. The lowest BCUT2D eigenvalue weighted by molar-refractivity contribution is 0.0821. The Morgan fingerprint density at radius 2 is 1.90 bits per heavy atom. The van der Waals surface area contributed by atoms with Crippen molar-refractivity contribution in [2.24, 2.45) is 5.41 Å². The molecule has 0 radical (unpaired) electrons. The van der Waals surface area contributed by atoms with Gasteiger partial charge in [0, 0.05) is 32.2 Å². The Morgan fingerprint density at radius 3 is 2.45 bits per heavy atom. The van der Waals surface area contributed by atoms with E-state index in [4.69, 9.17) is 4.74 Å². The number of ether oxygens (including phenoxy) is 1. The van der Waals surface area contributed by atoms with Crippen LogP contribution in [0.15, 0.2) is 18.2 Å². The van der Waals surface area contributed by atoms with Gasteiger partial charge in [0.2, 0.25) is 0 Å². The van der Waals surface area contributed by atoms with Gasteiger partial charge in [0.25, 0.3) is 0 Å². The van der Waals surface area contributed by atoms with Crippen LogP contribution < -0.4 is 10.1 Å². The molecule has 1 aliphatic heterocycles. The quantitative estimate of drug-likeness (QED) is 0.891. The molecule has 0 unspecified atom stereocenters. The molecule has 0 amide bonds. The average molecular weight is 278 g/mol. The number of phenols is 1. The average Bonchev–Trinajstić information content (AvgIpc) is 2.40. The summed E-state index contributed by atoms with van der Waals surface area (Å²) >= 11 is 0. The number of phenolic OH excluding ortho intramolecular Hbond substituents is 1. The number of nitrogens with zero attached hydrogens (tertiary/aromatic N) is 1. The molecule has 1 aromatic carbocycles. The van der Waals surface area contributed by atoms with E-state index in [-0.39, 0.29) is 11.5 Å². The summed E-state index contributed by atoms with van der Waals surface area (Å²) < 4.78 is 5.49.